The molecule has 6 atom stereocenters. The Balaban J connectivity index is 2.01. The van der Waals surface area contributed by atoms with E-state index in [9.17, 15) is 14.2 Å². The van der Waals surface area contributed by atoms with Gasteiger partial charge in [0.05, 0.1) is 19.1 Å². The second kappa shape index (κ2) is 12.8. The molecule has 0 radical (unpaired) electrons. The van der Waals surface area contributed by atoms with Crippen LogP contribution >= 0.6 is 16.3 Å². The van der Waals surface area contributed by atoms with Crippen molar-refractivity contribution in [2.45, 2.75) is 76.3 Å². The van der Waals surface area contributed by atoms with E-state index < -0.39 is 57.7 Å². The first kappa shape index (κ1) is 31.0. The van der Waals surface area contributed by atoms with Gasteiger partial charge < -0.3 is 18.5 Å². The van der Waals surface area contributed by atoms with Crippen molar-refractivity contribution < 1.29 is 37.0 Å². The summed E-state index contributed by atoms with van der Waals surface area (Å²) >= 11 is 0. The minimum Gasteiger partial charge on any atom is -0.373 e. The van der Waals surface area contributed by atoms with Crippen molar-refractivity contribution in [2.24, 2.45) is 0 Å². The molecule has 1 saturated carbocycles. The third kappa shape index (κ3) is 6.11. The molecule has 0 aromatic carbocycles. The Morgan fingerprint density at radius 1 is 1.24 bits per heavy atom. The fourth-order valence-electron chi connectivity index (χ4n) is 4.41. The average Bonchev–Trinajstić information content (AvgIpc) is 3.33. The maximum Gasteiger partial charge on any atom is 0.428 e. The fraction of sp³-hybridized carbons (Fsp3) is 0.762. The SMILES string of the molecule is CO[C@H]1[C@H](n2ccc(=O)[nH]c2=O)O[C@@H]2C(ONP(=O)(OC)OC)[C@@]21OP(OCCC#N)N(C(C)C)C(C)C. The second-order valence-corrected chi connectivity index (χ2v) is 12.4. The van der Waals surface area contributed by atoms with Gasteiger partial charge in [-0.2, -0.15) is 5.26 Å². The van der Waals surface area contributed by atoms with E-state index >= 15 is 0 Å². The standard InChI is InChI=1S/C21H35N5O10P2/c1-13(2)26(14(3)4)37(33-12-8-10-22)36-21-16(17(21)35-24-38(29,31-6)32-7)34-19(18(21)30-5)25-11-9-15(27)23-20(25)28/h9,11,13-14,16-19H,8,12H2,1-7H3,(H,24,29)(H,23,27,28)/t16-,17?,18+,19-,21+,37?/m1/s1. The Morgan fingerprint density at radius 2 is 1.89 bits per heavy atom. The molecule has 1 aromatic rings. The van der Waals surface area contributed by atoms with Gasteiger partial charge in [-0.3, -0.25) is 28.2 Å². The molecule has 0 bridgehead atoms. The summed E-state index contributed by atoms with van der Waals surface area (Å²) in [5, 5.41) is 11.4. The highest BCUT2D eigenvalue weighted by atomic mass is 31.2. The number of nitriles is 1. The minimum absolute atomic E-state index is 0.00239. The van der Waals surface area contributed by atoms with Crippen molar-refractivity contribution in [3.05, 3.63) is 33.1 Å². The molecule has 0 spiro atoms. The van der Waals surface area contributed by atoms with Gasteiger partial charge in [0, 0.05) is 45.7 Å². The van der Waals surface area contributed by atoms with Gasteiger partial charge in [-0.1, -0.05) is 0 Å². The first-order valence-corrected chi connectivity index (χ1v) is 14.6. The highest BCUT2D eigenvalue weighted by Gasteiger charge is 2.82. The predicted octanol–water partition coefficient (Wildman–Crippen LogP) is 1.78. The number of nitrogens with zero attached hydrogens (tertiary/aromatic N) is 3. The van der Waals surface area contributed by atoms with Crippen molar-refractivity contribution in [2.75, 3.05) is 27.9 Å². The highest BCUT2D eigenvalue weighted by Crippen LogP contribution is 2.65. The Bertz CT molecular complexity index is 1140. The van der Waals surface area contributed by atoms with E-state index in [1.54, 1.807) is 0 Å². The molecule has 2 fully saturated rings. The minimum atomic E-state index is -3.78. The van der Waals surface area contributed by atoms with Crippen molar-refractivity contribution in [1.82, 2.24) is 19.5 Å². The zero-order chi connectivity index (χ0) is 28.3. The van der Waals surface area contributed by atoms with Crippen molar-refractivity contribution in [3.63, 3.8) is 0 Å². The maximum absolute atomic E-state index is 12.6. The smallest absolute Gasteiger partial charge is 0.373 e. The molecule has 1 saturated heterocycles. The van der Waals surface area contributed by atoms with Gasteiger partial charge in [-0.05, 0) is 27.7 Å². The number of ether oxygens (including phenoxy) is 2. The molecule has 1 aliphatic carbocycles. The number of hydrogen-bond donors (Lipinski definition) is 2. The van der Waals surface area contributed by atoms with Gasteiger partial charge >= 0.3 is 13.4 Å². The van der Waals surface area contributed by atoms with E-state index in [0.29, 0.717) is 0 Å². The number of methoxy groups -OCH3 is 1. The number of aromatic nitrogens is 2. The summed E-state index contributed by atoms with van der Waals surface area (Å²) in [6.45, 7) is 8.06. The average molecular weight is 579 g/mol. The summed E-state index contributed by atoms with van der Waals surface area (Å²) in [5.41, 5.74) is -2.60. The number of H-pyrrole nitrogens is 1. The lowest BCUT2D eigenvalue weighted by Gasteiger charge is -2.38. The summed E-state index contributed by atoms with van der Waals surface area (Å²) in [5.74, 6) is 0. The first-order valence-electron chi connectivity index (χ1n) is 11.9. The topological polar surface area (TPSA) is 176 Å². The van der Waals surface area contributed by atoms with Crippen LogP contribution in [0.25, 0.3) is 0 Å². The molecule has 1 aromatic heterocycles. The lowest BCUT2D eigenvalue weighted by molar-refractivity contribution is -0.129. The number of fused-ring (bicyclic) bond motifs is 1. The molecule has 17 heteroatoms. The van der Waals surface area contributed by atoms with Crippen LogP contribution in [-0.2, 0) is 37.0 Å². The van der Waals surface area contributed by atoms with Crippen molar-refractivity contribution in [1.29, 1.82) is 5.26 Å². The van der Waals surface area contributed by atoms with Crippen LogP contribution in [-0.4, -0.2) is 78.2 Å². The van der Waals surface area contributed by atoms with Crippen LogP contribution in [0.2, 0.25) is 0 Å². The molecule has 1 aliphatic heterocycles. The van der Waals surface area contributed by atoms with Gasteiger partial charge in [0.25, 0.3) is 14.1 Å². The Morgan fingerprint density at radius 3 is 2.42 bits per heavy atom. The first-order chi connectivity index (χ1) is 18.0. The summed E-state index contributed by atoms with van der Waals surface area (Å²) in [4.78, 5) is 32.1. The van der Waals surface area contributed by atoms with E-state index in [2.05, 4.69) is 16.3 Å². The second-order valence-electron chi connectivity index (χ2n) is 9.10. The lowest BCUT2D eigenvalue weighted by atomic mass is 10.1. The molecular weight excluding hydrogens is 544 g/mol. The highest BCUT2D eigenvalue weighted by molar-refractivity contribution is 7.51. The van der Waals surface area contributed by atoms with Gasteiger partial charge in [0.1, 0.15) is 18.3 Å². The molecule has 3 rings (SSSR count). The summed E-state index contributed by atoms with van der Waals surface area (Å²) in [6, 6.07) is 3.24. The Kier molecular flexibility index (Phi) is 10.4. The molecule has 2 unspecified atom stereocenters. The van der Waals surface area contributed by atoms with E-state index in [-0.39, 0.29) is 25.1 Å². The van der Waals surface area contributed by atoms with Crippen LogP contribution in [0.3, 0.4) is 0 Å². The summed E-state index contributed by atoms with van der Waals surface area (Å²) in [7, 11) is -1.77. The molecular formula is C21H35N5O10P2. The molecule has 15 nitrogen and oxygen atoms in total. The number of hydrogen-bond acceptors (Lipinski definition) is 12. The predicted molar refractivity (Wildman–Crippen MR) is 135 cm³/mol. The van der Waals surface area contributed by atoms with Crippen LogP contribution in [0, 0.1) is 11.3 Å². The molecule has 38 heavy (non-hydrogen) atoms. The van der Waals surface area contributed by atoms with Gasteiger partial charge in [-0.25, -0.2) is 14.0 Å². The third-order valence-corrected chi connectivity index (χ3v) is 9.56. The van der Waals surface area contributed by atoms with Crippen LogP contribution < -0.4 is 16.5 Å². The third-order valence-electron chi connectivity index (χ3n) is 6.09. The van der Waals surface area contributed by atoms with E-state index in [4.69, 9.17) is 37.7 Å². The van der Waals surface area contributed by atoms with Crippen LogP contribution in [0.5, 0.6) is 0 Å². The maximum atomic E-state index is 12.6. The quantitative estimate of drug-likeness (QED) is 0.175. The van der Waals surface area contributed by atoms with Crippen LogP contribution in [0.4, 0.5) is 0 Å². The Labute approximate surface area is 221 Å². The normalized spacial score (nSPS) is 27.6. The monoisotopic (exact) mass is 579 g/mol. The van der Waals surface area contributed by atoms with E-state index in [1.807, 2.05) is 32.4 Å². The van der Waals surface area contributed by atoms with Gasteiger partial charge in [0.2, 0.25) is 0 Å². The van der Waals surface area contributed by atoms with Crippen molar-refractivity contribution in [3.8, 4) is 6.07 Å². The van der Waals surface area contributed by atoms with Crippen LogP contribution in [0.1, 0.15) is 40.3 Å². The number of rotatable bonds is 15. The zero-order valence-corrected chi connectivity index (χ0v) is 24.1. The van der Waals surface area contributed by atoms with E-state index in [0.717, 1.165) is 0 Å². The van der Waals surface area contributed by atoms with Crippen molar-refractivity contribution >= 4 is 16.3 Å². The zero-order valence-electron chi connectivity index (χ0n) is 22.4. The summed E-state index contributed by atoms with van der Waals surface area (Å²) in [6.07, 6.45) is -2.17. The van der Waals surface area contributed by atoms with Gasteiger partial charge in [-0.15, -0.1) is 5.25 Å². The molecule has 0 amide bonds. The molecule has 2 heterocycles. The van der Waals surface area contributed by atoms with Crippen LogP contribution in [0.15, 0.2) is 21.9 Å². The lowest BCUT2D eigenvalue weighted by Crippen LogP contribution is -2.45. The number of aromatic amines is 1. The van der Waals surface area contributed by atoms with E-state index in [1.165, 1.54) is 38.2 Å². The molecule has 2 N–H and O–H groups in total. The largest absolute Gasteiger partial charge is 0.428 e. The molecule has 214 valence electrons. The fourth-order valence-corrected chi connectivity index (χ4v) is 6.81. The Hall–Kier alpha value is -1.53. The molecule has 2 aliphatic rings. The summed E-state index contributed by atoms with van der Waals surface area (Å²) < 4.78 is 50.2. The van der Waals surface area contributed by atoms with Gasteiger partial charge in [0.15, 0.2) is 11.8 Å². The number of nitrogens with one attached hydrogen (secondary N) is 2.